The minimum Gasteiger partial charge on any atom is -0.465 e. The standard InChI is InChI=1S/C23H22ClN3O3/c1-14-13-26(23(29)30)10-11-27(14)22(28)17-8-9-18-19(12-17)25-21(15(2)20(18)24)16-6-4-3-5-7-16/h3-9,12,14H,10-11,13H2,1-2H3,(H,29,30)/t14-/m0/s1. The lowest BCUT2D eigenvalue weighted by Gasteiger charge is -2.38. The topological polar surface area (TPSA) is 73.7 Å². The van der Waals surface area contributed by atoms with Gasteiger partial charge in [-0.3, -0.25) is 4.79 Å². The zero-order valence-electron chi connectivity index (χ0n) is 16.8. The first-order chi connectivity index (χ1) is 14.4. The zero-order chi connectivity index (χ0) is 21.4. The molecule has 0 bridgehead atoms. The average molecular weight is 424 g/mol. The number of amides is 2. The molecule has 1 aliphatic rings. The van der Waals surface area contributed by atoms with Crippen molar-refractivity contribution in [2.24, 2.45) is 0 Å². The second-order valence-corrected chi connectivity index (χ2v) is 7.95. The van der Waals surface area contributed by atoms with E-state index in [9.17, 15) is 14.7 Å². The summed E-state index contributed by atoms with van der Waals surface area (Å²) in [5.41, 5.74) is 3.83. The van der Waals surface area contributed by atoms with Gasteiger partial charge in [-0.2, -0.15) is 0 Å². The number of fused-ring (bicyclic) bond motifs is 1. The van der Waals surface area contributed by atoms with Gasteiger partial charge in [0.15, 0.2) is 0 Å². The van der Waals surface area contributed by atoms with E-state index >= 15 is 0 Å². The number of carbonyl (C=O) groups is 2. The van der Waals surface area contributed by atoms with Crippen molar-refractivity contribution < 1.29 is 14.7 Å². The summed E-state index contributed by atoms with van der Waals surface area (Å²) in [6.45, 7) is 4.78. The molecule has 1 saturated heterocycles. The Balaban J connectivity index is 1.70. The number of pyridine rings is 1. The first-order valence-electron chi connectivity index (χ1n) is 9.81. The number of rotatable bonds is 2. The number of piperazine rings is 1. The van der Waals surface area contributed by atoms with Crippen LogP contribution in [-0.4, -0.2) is 57.6 Å². The molecule has 30 heavy (non-hydrogen) atoms. The Morgan fingerprint density at radius 3 is 2.53 bits per heavy atom. The van der Waals surface area contributed by atoms with Crippen LogP contribution in [0.25, 0.3) is 22.2 Å². The van der Waals surface area contributed by atoms with Crippen molar-refractivity contribution >= 4 is 34.5 Å². The fraction of sp³-hybridized carbons (Fsp3) is 0.261. The van der Waals surface area contributed by atoms with Crippen molar-refractivity contribution in [1.82, 2.24) is 14.8 Å². The summed E-state index contributed by atoms with van der Waals surface area (Å²) < 4.78 is 0. The molecule has 0 saturated carbocycles. The first-order valence-corrected chi connectivity index (χ1v) is 10.2. The molecular formula is C23H22ClN3O3. The molecule has 0 radical (unpaired) electrons. The predicted octanol–water partition coefficient (Wildman–Crippen LogP) is 4.69. The molecule has 1 aromatic heterocycles. The number of benzene rings is 2. The molecule has 0 aliphatic carbocycles. The van der Waals surface area contributed by atoms with Crippen molar-refractivity contribution in [3.8, 4) is 11.3 Å². The minimum absolute atomic E-state index is 0.130. The molecule has 2 aromatic carbocycles. The van der Waals surface area contributed by atoms with Crippen LogP contribution in [0.3, 0.4) is 0 Å². The number of carboxylic acid groups (broad SMARTS) is 1. The second kappa shape index (κ2) is 7.95. The Labute approximate surface area is 179 Å². The number of halogens is 1. The highest BCUT2D eigenvalue weighted by Crippen LogP contribution is 2.33. The van der Waals surface area contributed by atoms with Gasteiger partial charge in [-0.1, -0.05) is 48.0 Å². The van der Waals surface area contributed by atoms with E-state index in [1.807, 2.05) is 50.2 Å². The number of nitrogens with zero attached hydrogens (tertiary/aromatic N) is 3. The van der Waals surface area contributed by atoms with Crippen LogP contribution in [0.15, 0.2) is 48.5 Å². The Morgan fingerprint density at radius 1 is 1.13 bits per heavy atom. The maximum absolute atomic E-state index is 13.1. The van der Waals surface area contributed by atoms with E-state index in [1.165, 1.54) is 4.90 Å². The summed E-state index contributed by atoms with van der Waals surface area (Å²) in [5.74, 6) is -0.130. The van der Waals surface area contributed by atoms with Crippen LogP contribution < -0.4 is 0 Å². The van der Waals surface area contributed by atoms with Crippen LogP contribution >= 0.6 is 11.6 Å². The van der Waals surface area contributed by atoms with E-state index in [-0.39, 0.29) is 11.9 Å². The normalized spacial score (nSPS) is 16.7. The molecule has 154 valence electrons. The summed E-state index contributed by atoms with van der Waals surface area (Å²) in [5, 5.41) is 10.6. The Hall–Kier alpha value is -3.12. The van der Waals surface area contributed by atoms with Crippen molar-refractivity contribution in [1.29, 1.82) is 0 Å². The van der Waals surface area contributed by atoms with E-state index < -0.39 is 6.09 Å². The fourth-order valence-corrected chi connectivity index (χ4v) is 4.18. The number of aromatic nitrogens is 1. The molecule has 2 heterocycles. The van der Waals surface area contributed by atoms with Gasteiger partial charge < -0.3 is 14.9 Å². The SMILES string of the molecule is Cc1c(-c2ccccc2)nc2cc(C(=O)N3CCN(C(=O)O)C[C@@H]3C)ccc2c1Cl. The highest BCUT2D eigenvalue weighted by molar-refractivity contribution is 6.36. The third-order valence-electron chi connectivity index (χ3n) is 5.60. The number of hydrogen-bond donors (Lipinski definition) is 1. The molecule has 1 atom stereocenters. The highest BCUT2D eigenvalue weighted by atomic mass is 35.5. The van der Waals surface area contributed by atoms with Crippen LogP contribution in [-0.2, 0) is 0 Å². The van der Waals surface area contributed by atoms with Crippen molar-refractivity contribution in [3.05, 3.63) is 64.7 Å². The van der Waals surface area contributed by atoms with Gasteiger partial charge >= 0.3 is 6.09 Å². The molecule has 1 fully saturated rings. The van der Waals surface area contributed by atoms with Gasteiger partial charge in [-0.25, -0.2) is 9.78 Å². The molecule has 3 aromatic rings. The minimum atomic E-state index is -0.956. The van der Waals surface area contributed by atoms with Gasteiger partial charge in [-0.15, -0.1) is 0 Å². The monoisotopic (exact) mass is 423 g/mol. The summed E-state index contributed by atoms with van der Waals surface area (Å²) in [6, 6.07) is 15.0. The maximum atomic E-state index is 13.1. The third kappa shape index (κ3) is 3.59. The van der Waals surface area contributed by atoms with E-state index in [4.69, 9.17) is 16.6 Å². The Morgan fingerprint density at radius 2 is 1.87 bits per heavy atom. The average Bonchev–Trinajstić information content (AvgIpc) is 2.76. The van der Waals surface area contributed by atoms with Gasteiger partial charge in [0.1, 0.15) is 0 Å². The smallest absolute Gasteiger partial charge is 0.407 e. The molecule has 6 nitrogen and oxygen atoms in total. The Bertz CT molecular complexity index is 1130. The molecule has 2 amide bonds. The van der Waals surface area contributed by atoms with E-state index in [0.717, 1.165) is 22.2 Å². The van der Waals surface area contributed by atoms with Crippen molar-refractivity contribution in [2.45, 2.75) is 19.9 Å². The third-order valence-corrected chi connectivity index (χ3v) is 6.09. The fourth-order valence-electron chi connectivity index (χ4n) is 3.93. The molecule has 4 rings (SSSR count). The molecule has 0 unspecified atom stereocenters. The van der Waals surface area contributed by atoms with Gasteiger partial charge in [0, 0.05) is 42.2 Å². The number of hydrogen-bond acceptors (Lipinski definition) is 3. The molecule has 0 spiro atoms. The molecular weight excluding hydrogens is 402 g/mol. The quantitative estimate of drug-likeness (QED) is 0.649. The van der Waals surface area contributed by atoms with Crippen LogP contribution in [0.2, 0.25) is 5.02 Å². The summed E-state index contributed by atoms with van der Waals surface area (Å²) in [7, 11) is 0. The van der Waals surface area contributed by atoms with Crippen LogP contribution in [0.1, 0.15) is 22.8 Å². The summed E-state index contributed by atoms with van der Waals surface area (Å²) >= 11 is 6.63. The lowest BCUT2D eigenvalue weighted by atomic mass is 10.0. The number of carbonyl (C=O) groups excluding carboxylic acids is 1. The Kier molecular flexibility index (Phi) is 5.35. The van der Waals surface area contributed by atoms with E-state index in [1.54, 1.807) is 17.0 Å². The van der Waals surface area contributed by atoms with Crippen LogP contribution in [0.4, 0.5) is 4.79 Å². The first kappa shape index (κ1) is 20.2. The molecule has 7 heteroatoms. The highest BCUT2D eigenvalue weighted by Gasteiger charge is 2.30. The van der Waals surface area contributed by atoms with Gasteiger partial charge in [0.25, 0.3) is 5.91 Å². The lowest BCUT2D eigenvalue weighted by Crippen LogP contribution is -2.55. The zero-order valence-corrected chi connectivity index (χ0v) is 17.6. The van der Waals surface area contributed by atoms with E-state index in [2.05, 4.69) is 0 Å². The second-order valence-electron chi connectivity index (χ2n) is 7.57. The lowest BCUT2D eigenvalue weighted by molar-refractivity contribution is 0.0484. The molecule has 1 N–H and O–H groups in total. The van der Waals surface area contributed by atoms with E-state index in [0.29, 0.717) is 35.7 Å². The van der Waals surface area contributed by atoms with Crippen LogP contribution in [0, 0.1) is 6.92 Å². The van der Waals surface area contributed by atoms with Crippen LogP contribution in [0.5, 0.6) is 0 Å². The summed E-state index contributed by atoms with van der Waals surface area (Å²) in [4.78, 5) is 32.2. The summed E-state index contributed by atoms with van der Waals surface area (Å²) in [6.07, 6.45) is -0.956. The van der Waals surface area contributed by atoms with Gasteiger partial charge in [-0.05, 0) is 31.5 Å². The molecule has 1 aliphatic heterocycles. The largest absolute Gasteiger partial charge is 0.465 e. The van der Waals surface area contributed by atoms with Gasteiger partial charge in [0.05, 0.1) is 16.2 Å². The van der Waals surface area contributed by atoms with Crippen molar-refractivity contribution in [2.75, 3.05) is 19.6 Å². The van der Waals surface area contributed by atoms with Gasteiger partial charge in [0.2, 0.25) is 0 Å². The predicted molar refractivity (Wildman–Crippen MR) is 117 cm³/mol. The maximum Gasteiger partial charge on any atom is 0.407 e. The van der Waals surface area contributed by atoms with Crippen molar-refractivity contribution in [3.63, 3.8) is 0 Å².